The molecule has 2 heterocycles. The molecule has 2 fully saturated rings. The first-order chi connectivity index (χ1) is 13.0. The number of anilines is 1. The first-order valence-corrected chi connectivity index (χ1v) is 9.91. The molecule has 1 atom stereocenters. The van der Waals surface area contributed by atoms with Crippen molar-refractivity contribution < 1.29 is 14.3 Å². The van der Waals surface area contributed by atoms with E-state index in [9.17, 15) is 9.59 Å². The fourth-order valence-corrected chi connectivity index (χ4v) is 4.15. The van der Waals surface area contributed by atoms with Crippen molar-refractivity contribution >= 4 is 17.5 Å². The largest absolute Gasteiger partial charge is 0.381 e. The number of carbonyl (C=O) groups excluding carboxylic acids is 2. The quantitative estimate of drug-likeness (QED) is 0.861. The summed E-state index contributed by atoms with van der Waals surface area (Å²) in [7, 11) is 3.55. The van der Waals surface area contributed by atoms with Gasteiger partial charge in [-0.3, -0.25) is 9.59 Å². The van der Waals surface area contributed by atoms with Crippen LogP contribution in [0.25, 0.3) is 0 Å². The summed E-state index contributed by atoms with van der Waals surface area (Å²) in [6, 6.07) is 9.79. The van der Waals surface area contributed by atoms with Crippen LogP contribution in [0, 0.1) is 5.92 Å². The summed E-state index contributed by atoms with van der Waals surface area (Å²) >= 11 is 0. The molecule has 27 heavy (non-hydrogen) atoms. The standard InChI is InChI=1S/C21H31N3O3/c1-23(2)20(26)21(22-18-7-4-3-5-8-18)11-6-12-24(16-21)19(25)15-17-9-13-27-14-10-17/h3-5,7-8,17,22H,6,9-16H2,1-2H3. The first-order valence-electron chi connectivity index (χ1n) is 9.91. The lowest BCUT2D eigenvalue weighted by Crippen LogP contribution is -2.62. The van der Waals surface area contributed by atoms with Crippen LogP contribution in [0.5, 0.6) is 0 Å². The number of rotatable bonds is 5. The van der Waals surface area contributed by atoms with E-state index in [1.165, 1.54) is 0 Å². The van der Waals surface area contributed by atoms with Crippen molar-refractivity contribution in [3.8, 4) is 0 Å². The van der Waals surface area contributed by atoms with Gasteiger partial charge in [0.15, 0.2) is 0 Å². The molecule has 0 aliphatic carbocycles. The van der Waals surface area contributed by atoms with E-state index < -0.39 is 5.54 Å². The molecule has 0 saturated carbocycles. The highest BCUT2D eigenvalue weighted by atomic mass is 16.5. The third-order valence-electron chi connectivity index (χ3n) is 5.62. The number of nitrogens with zero attached hydrogens (tertiary/aromatic N) is 2. The second kappa shape index (κ2) is 8.74. The summed E-state index contributed by atoms with van der Waals surface area (Å²) in [4.78, 5) is 29.5. The summed E-state index contributed by atoms with van der Waals surface area (Å²) in [5, 5.41) is 3.46. The predicted molar refractivity (Wildman–Crippen MR) is 105 cm³/mol. The molecule has 0 aromatic heterocycles. The molecule has 1 aromatic carbocycles. The molecule has 6 nitrogen and oxygen atoms in total. The number of para-hydroxylation sites is 1. The van der Waals surface area contributed by atoms with Crippen LogP contribution in [-0.4, -0.2) is 67.6 Å². The molecule has 148 valence electrons. The van der Waals surface area contributed by atoms with Crippen LogP contribution in [0.3, 0.4) is 0 Å². The van der Waals surface area contributed by atoms with E-state index in [0.717, 1.165) is 51.1 Å². The normalized spacial score (nSPS) is 23.7. The zero-order valence-corrected chi connectivity index (χ0v) is 16.4. The number of hydrogen-bond donors (Lipinski definition) is 1. The van der Waals surface area contributed by atoms with Crippen LogP contribution in [0.15, 0.2) is 30.3 Å². The maximum absolute atomic E-state index is 13.1. The summed E-state index contributed by atoms with van der Waals surface area (Å²) in [6.45, 7) is 2.63. The van der Waals surface area contributed by atoms with E-state index in [1.807, 2.05) is 35.2 Å². The minimum Gasteiger partial charge on any atom is -0.381 e. The molecule has 0 spiro atoms. The van der Waals surface area contributed by atoms with Gasteiger partial charge in [-0.25, -0.2) is 0 Å². The number of hydrogen-bond acceptors (Lipinski definition) is 4. The summed E-state index contributed by atoms with van der Waals surface area (Å²) in [5.41, 5.74) is 0.139. The number of likely N-dealkylation sites (N-methyl/N-ethyl adjacent to an activating group) is 1. The Morgan fingerprint density at radius 3 is 2.59 bits per heavy atom. The number of likely N-dealkylation sites (tertiary alicyclic amines) is 1. The molecule has 2 saturated heterocycles. The Morgan fingerprint density at radius 2 is 1.93 bits per heavy atom. The third kappa shape index (κ3) is 4.80. The number of carbonyl (C=O) groups is 2. The van der Waals surface area contributed by atoms with Gasteiger partial charge >= 0.3 is 0 Å². The van der Waals surface area contributed by atoms with Crippen molar-refractivity contribution in [1.82, 2.24) is 9.80 Å². The Labute approximate surface area is 161 Å². The highest BCUT2D eigenvalue weighted by Crippen LogP contribution is 2.29. The number of piperidine rings is 1. The van der Waals surface area contributed by atoms with E-state index in [2.05, 4.69) is 5.32 Å². The molecule has 1 unspecified atom stereocenters. The van der Waals surface area contributed by atoms with E-state index in [1.54, 1.807) is 19.0 Å². The molecule has 2 aliphatic rings. The van der Waals surface area contributed by atoms with Crippen molar-refractivity contribution in [3.63, 3.8) is 0 Å². The van der Waals surface area contributed by atoms with Gasteiger partial charge in [-0.15, -0.1) is 0 Å². The highest BCUT2D eigenvalue weighted by Gasteiger charge is 2.44. The van der Waals surface area contributed by atoms with E-state index in [-0.39, 0.29) is 11.8 Å². The Balaban J connectivity index is 1.74. The van der Waals surface area contributed by atoms with Gasteiger partial charge in [0.2, 0.25) is 11.8 Å². The van der Waals surface area contributed by atoms with Gasteiger partial charge in [-0.2, -0.15) is 0 Å². The predicted octanol–water partition coefficient (Wildman–Crippen LogP) is 2.36. The second-order valence-corrected chi connectivity index (χ2v) is 7.95. The second-order valence-electron chi connectivity index (χ2n) is 7.95. The summed E-state index contributed by atoms with van der Waals surface area (Å²) in [6.07, 6.45) is 3.99. The van der Waals surface area contributed by atoms with Gasteiger partial charge in [0, 0.05) is 46.0 Å². The van der Waals surface area contributed by atoms with Crippen LogP contribution in [0.4, 0.5) is 5.69 Å². The zero-order valence-electron chi connectivity index (χ0n) is 16.4. The van der Waals surface area contributed by atoms with E-state index >= 15 is 0 Å². The summed E-state index contributed by atoms with van der Waals surface area (Å²) in [5.74, 6) is 0.580. The van der Waals surface area contributed by atoms with Gasteiger partial charge in [0.25, 0.3) is 0 Å². The van der Waals surface area contributed by atoms with Crippen molar-refractivity contribution in [3.05, 3.63) is 30.3 Å². The van der Waals surface area contributed by atoms with Gasteiger partial charge in [0.05, 0.1) is 6.54 Å². The Bertz CT molecular complexity index is 643. The van der Waals surface area contributed by atoms with Gasteiger partial charge in [-0.05, 0) is 43.7 Å². The Hall–Kier alpha value is -2.08. The monoisotopic (exact) mass is 373 g/mol. The van der Waals surface area contributed by atoms with Crippen LogP contribution in [0.2, 0.25) is 0 Å². The lowest BCUT2D eigenvalue weighted by atomic mass is 9.86. The van der Waals surface area contributed by atoms with Gasteiger partial charge < -0.3 is 19.9 Å². The molecule has 6 heteroatoms. The SMILES string of the molecule is CN(C)C(=O)C1(Nc2ccccc2)CCCN(C(=O)CC2CCOCC2)C1. The number of amides is 2. The number of nitrogens with one attached hydrogen (secondary N) is 1. The van der Waals surface area contributed by atoms with Crippen molar-refractivity contribution in [2.24, 2.45) is 5.92 Å². The number of benzene rings is 1. The third-order valence-corrected chi connectivity index (χ3v) is 5.62. The summed E-state index contributed by atoms with van der Waals surface area (Å²) < 4.78 is 5.40. The molecule has 0 bridgehead atoms. The first kappa shape index (κ1) is 19.7. The fraction of sp³-hybridized carbons (Fsp3) is 0.619. The van der Waals surface area contributed by atoms with Crippen LogP contribution < -0.4 is 5.32 Å². The highest BCUT2D eigenvalue weighted by molar-refractivity contribution is 5.90. The average Bonchev–Trinajstić information content (AvgIpc) is 2.69. The Kier molecular flexibility index (Phi) is 6.37. The molecular weight excluding hydrogens is 342 g/mol. The lowest BCUT2D eigenvalue weighted by molar-refractivity contribution is -0.140. The van der Waals surface area contributed by atoms with Crippen molar-refractivity contribution in [2.75, 3.05) is 45.7 Å². The topological polar surface area (TPSA) is 61.9 Å². The lowest BCUT2D eigenvalue weighted by Gasteiger charge is -2.44. The molecule has 1 N–H and O–H groups in total. The molecule has 3 rings (SSSR count). The van der Waals surface area contributed by atoms with Gasteiger partial charge in [0.1, 0.15) is 5.54 Å². The van der Waals surface area contributed by atoms with Crippen LogP contribution in [-0.2, 0) is 14.3 Å². The molecule has 0 radical (unpaired) electrons. The van der Waals surface area contributed by atoms with E-state index in [0.29, 0.717) is 18.9 Å². The number of ether oxygens (including phenoxy) is 1. The molecule has 1 aromatic rings. The zero-order chi connectivity index (χ0) is 19.3. The van der Waals surface area contributed by atoms with E-state index in [4.69, 9.17) is 4.74 Å². The molecular formula is C21H31N3O3. The average molecular weight is 373 g/mol. The van der Waals surface area contributed by atoms with Gasteiger partial charge in [-0.1, -0.05) is 18.2 Å². The minimum absolute atomic E-state index is 0.0231. The van der Waals surface area contributed by atoms with Crippen molar-refractivity contribution in [2.45, 2.75) is 37.6 Å². The Morgan fingerprint density at radius 1 is 1.22 bits per heavy atom. The van der Waals surface area contributed by atoms with Crippen LogP contribution in [0.1, 0.15) is 32.1 Å². The maximum atomic E-state index is 13.1. The maximum Gasteiger partial charge on any atom is 0.249 e. The molecule has 2 amide bonds. The van der Waals surface area contributed by atoms with Crippen molar-refractivity contribution in [1.29, 1.82) is 0 Å². The fourth-order valence-electron chi connectivity index (χ4n) is 4.15. The molecule has 2 aliphatic heterocycles. The van der Waals surface area contributed by atoms with Crippen LogP contribution >= 0.6 is 0 Å². The minimum atomic E-state index is -0.769. The smallest absolute Gasteiger partial charge is 0.249 e.